The maximum absolute atomic E-state index is 12.2. The number of aliphatic hydroxyl groups excluding tert-OH is 1. The van der Waals surface area contributed by atoms with E-state index in [9.17, 15) is 9.90 Å². The molecular formula is C17H20ClN3O2. The van der Waals surface area contributed by atoms with E-state index >= 15 is 0 Å². The van der Waals surface area contributed by atoms with Crippen LogP contribution in [0.5, 0.6) is 0 Å². The monoisotopic (exact) mass is 333 g/mol. The molecule has 1 heterocycles. The van der Waals surface area contributed by atoms with Crippen LogP contribution in [-0.4, -0.2) is 35.2 Å². The van der Waals surface area contributed by atoms with E-state index in [0.29, 0.717) is 23.8 Å². The molecule has 1 aromatic carbocycles. The fourth-order valence-corrected chi connectivity index (χ4v) is 2.20. The van der Waals surface area contributed by atoms with Gasteiger partial charge in [0.05, 0.1) is 17.7 Å². The molecule has 1 aromatic heterocycles. The summed E-state index contributed by atoms with van der Waals surface area (Å²) in [5, 5.41) is 13.2. The Morgan fingerprint density at radius 1 is 1.30 bits per heavy atom. The summed E-state index contributed by atoms with van der Waals surface area (Å²) in [4.78, 5) is 18.1. The lowest BCUT2D eigenvalue weighted by Gasteiger charge is -2.26. The number of benzene rings is 1. The third kappa shape index (κ3) is 5.54. The van der Waals surface area contributed by atoms with Crippen molar-refractivity contribution in [2.75, 3.05) is 23.3 Å². The van der Waals surface area contributed by atoms with Crippen LogP contribution < -0.4 is 10.2 Å². The first kappa shape index (κ1) is 17.2. The van der Waals surface area contributed by atoms with Crippen molar-refractivity contribution in [3.05, 3.63) is 53.7 Å². The maximum Gasteiger partial charge on any atom is 0.245 e. The number of rotatable bonds is 7. The van der Waals surface area contributed by atoms with E-state index in [0.717, 1.165) is 5.69 Å². The first-order valence-corrected chi connectivity index (χ1v) is 7.85. The number of anilines is 2. The van der Waals surface area contributed by atoms with Crippen LogP contribution in [0.2, 0.25) is 5.02 Å². The van der Waals surface area contributed by atoms with Gasteiger partial charge in [-0.3, -0.25) is 4.79 Å². The van der Waals surface area contributed by atoms with Gasteiger partial charge in [-0.25, -0.2) is 4.98 Å². The molecule has 0 radical (unpaired) electrons. The van der Waals surface area contributed by atoms with Gasteiger partial charge in [-0.05, 0) is 30.7 Å². The molecule has 5 nitrogen and oxygen atoms in total. The van der Waals surface area contributed by atoms with Crippen LogP contribution in [-0.2, 0) is 4.79 Å². The van der Waals surface area contributed by atoms with Crippen LogP contribution in [0, 0.1) is 0 Å². The molecule has 2 rings (SSSR count). The summed E-state index contributed by atoms with van der Waals surface area (Å²) in [6, 6.07) is 12.9. The van der Waals surface area contributed by atoms with Crippen LogP contribution >= 0.6 is 11.6 Å². The number of para-hydroxylation sites is 1. The van der Waals surface area contributed by atoms with Gasteiger partial charge in [-0.15, -0.1) is 0 Å². The molecule has 0 fully saturated rings. The number of hydrogen-bond donors (Lipinski definition) is 2. The van der Waals surface area contributed by atoms with Crippen LogP contribution in [0.4, 0.5) is 11.5 Å². The average molecular weight is 334 g/mol. The van der Waals surface area contributed by atoms with Crippen molar-refractivity contribution in [1.82, 2.24) is 4.98 Å². The van der Waals surface area contributed by atoms with E-state index in [4.69, 9.17) is 11.6 Å². The molecule has 122 valence electrons. The highest BCUT2D eigenvalue weighted by molar-refractivity contribution is 6.30. The van der Waals surface area contributed by atoms with Crippen LogP contribution in [0.25, 0.3) is 0 Å². The number of pyridine rings is 1. The largest absolute Gasteiger partial charge is 0.391 e. The van der Waals surface area contributed by atoms with Crippen LogP contribution in [0.15, 0.2) is 48.7 Å². The van der Waals surface area contributed by atoms with Gasteiger partial charge in [0.2, 0.25) is 5.91 Å². The molecule has 2 N–H and O–H groups in total. The number of aromatic nitrogens is 1. The third-order valence-electron chi connectivity index (χ3n) is 3.35. The normalized spacial score (nSPS) is 11.8. The Morgan fingerprint density at radius 2 is 2.04 bits per heavy atom. The van der Waals surface area contributed by atoms with Crippen LogP contribution in [0.1, 0.15) is 13.3 Å². The number of halogens is 1. The minimum Gasteiger partial charge on any atom is -0.391 e. The number of nitrogens with zero attached hydrogens (tertiary/aromatic N) is 2. The lowest BCUT2D eigenvalue weighted by molar-refractivity contribution is -0.115. The van der Waals surface area contributed by atoms with E-state index in [-0.39, 0.29) is 12.5 Å². The molecule has 1 amide bonds. The lowest BCUT2D eigenvalue weighted by Crippen LogP contribution is -2.38. The van der Waals surface area contributed by atoms with Gasteiger partial charge in [0.25, 0.3) is 0 Å². The van der Waals surface area contributed by atoms with Gasteiger partial charge in [-0.1, -0.05) is 36.7 Å². The average Bonchev–Trinajstić information content (AvgIpc) is 2.57. The van der Waals surface area contributed by atoms with Gasteiger partial charge >= 0.3 is 0 Å². The summed E-state index contributed by atoms with van der Waals surface area (Å²) in [7, 11) is 0. The minimum atomic E-state index is -0.489. The van der Waals surface area contributed by atoms with Gasteiger partial charge < -0.3 is 15.3 Å². The molecule has 1 unspecified atom stereocenters. The van der Waals surface area contributed by atoms with Crippen molar-refractivity contribution >= 4 is 29.0 Å². The topological polar surface area (TPSA) is 65.5 Å². The first-order valence-electron chi connectivity index (χ1n) is 7.48. The van der Waals surface area contributed by atoms with Gasteiger partial charge in [-0.2, -0.15) is 0 Å². The minimum absolute atomic E-state index is 0.130. The molecule has 0 saturated carbocycles. The van der Waals surface area contributed by atoms with E-state index in [1.54, 1.807) is 12.1 Å². The van der Waals surface area contributed by atoms with E-state index in [2.05, 4.69) is 10.3 Å². The zero-order valence-corrected chi connectivity index (χ0v) is 13.7. The summed E-state index contributed by atoms with van der Waals surface area (Å²) in [6.07, 6.45) is 1.62. The highest BCUT2D eigenvalue weighted by Crippen LogP contribution is 2.15. The third-order valence-corrected chi connectivity index (χ3v) is 3.58. The molecule has 0 aliphatic heterocycles. The quantitative estimate of drug-likeness (QED) is 0.817. The summed E-state index contributed by atoms with van der Waals surface area (Å²) in [5.74, 6) is 0.246. The molecule has 2 aromatic rings. The number of carbonyl (C=O) groups is 1. The molecule has 0 bridgehead atoms. The van der Waals surface area contributed by atoms with Crippen molar-refractivity contribution in [2.24, 2.45) is 0 Å². The SMILES string of the molecule is CCC(O)CN(CC(=O)Nc1ccc(Cl)cn1)c1ccccc1. The Labute approximate surface area is 140 Å². The highest BCUT2D eigenvalue weighted by Gasteiger charge is 2.15. The van der Waals surface area contributed by atoms with Gasteiger partial charge in [0, 0.05) is 18.4 Å². The van der Waals surface area contributed by atoms with Crippen molar-refractivity contribution < 1.29 is 9.90 Å². The molecule has 23 heavy (non-hydrogen) atoms. The van der Waals surface area contributed by atoms with Crippen LogP contribution in [0.3, 0.4) is 0 Å². The molecule has 0 spiro atoms. The Bertz CT molecular complexity index is 619. The van der Waals surface area contributed by atoms with Crippen molar-refractivity contribution in [1.29, 1.82) is 0 Å². The van der Waals surface area contributed by atoms with E-state index < -0.39 is 6.10 Å². The number of nitrogens with one attached hydrogen (secondary N) is 1. The maximum atomic E-state index is 12.2. The Balaban J connectivity index is 2.04. The van der Waals surface area contributed by atoms with Crippen molar-refractivity contribution in [3.63, 3.8) is 0 Å². The number of carbonyl (C=O) groups excluding carboxylic acids is 1. The molecular weight excluding hydrogens is 314 g/mol. The first-order chi connectivity index (χ1) is 11.1. The fraction of sp³-hybridized carbons (Fsp3) is 0.294. The second-order valence-electron chi connectivity index (χ2n) is 5.19. The van der Waals surface area contributed by atoms with Crippen molar-refractivity contribution in [3.8, 4) is 0 Å². The molecule has 6 heteroatoms. The predicted molar refractivity (Wildman–Crippen MR) is 92.8 cm³/mol. The number of aliphatic hydroxyl groups is 1. The van der Waals surface area contributed by atoms with Crippen molar-refractivity contribution in [2.45, 2.75) is 19.4 Å². The highest BCUT2D eigenvalue weighted by atomic mass is 35.5. The van der Waals surface area contributed by atoms with E-state index in [1.807, 2.05) is 42.2 Å². The standard InChI is InChI=1S/C17H20ClN3O2/c1-2-15(22)11-21(14-6-4-3-5-7-14)12-17(23)20-16-9-8-13(18)10-19-16/h3-10,15,22H,2,11-12H2,1H3,(H,19,20,23). The zero-order valence-electron chi connectivity index (χ0n) is 12.9. The van der Waals surface area contributed by atoms with Gasteiger partial charge in [0.1, 0.15) is 5.82 Å². The molecule has 0 aliphatic rings. The molecule has 0 aliphatic carbocycles. The summed E-state index contributed by atoms with van der Waals surface area (Å²) >= 11 is 5.77. The lowest BCUT2D eigenvalue weighted by atomic mass is 10.2. The Hall–Kier alpha value is -2.11. The Kier molecular flexibility index (Phi) is 6.38. The smallest absolute Gasteiger partial charge is 0.245 e. The summed E-state index contributed by atoms with van der Waals surface area (Å²) in [5.41, 5.74) is 0.888. The fourth-order valence-electron chi connectivity index (χ4n) is 2.09. The van der Waals surface area contributed by atoms with E-state index in [1.165, 1.54) is 6.20 Å². The Morgan fingerprint density at radius 3 is 2.65 bits per heavy atom. The molecule has 0 saturated heterocycles. The number of hydrogen-bond acceptors (Lipinski definition) is 4. The summed E-state index contributed by atoms with van der Waals surface area (Å²) in [6.45, 7) is 2.43. The predicted octanol–water partition coefficient (Wildman–Crippen LogP) is 2.95. The number of amides is 1. The van der Waals surface area contributed by atoms with Gasteiger partial charge in [0.15, 0.2) is 0 Å². The molecule has 1 atom stereocenters. The second kappa shape index (κ2) is 8.50. The second-order valence-corrected chi connectivity index (χ2v) is 5.62. The summed E-state index contributed by atoms with van der Waals surface area (Å²) < 4.78 is 0. The zero-order chi connectivity index (χ0) is 16.7.